The molecule has 0 bridgehead atoms. The number of hydrogen-bond donors (Lipinski definition) is 2. The Kier molecular flexibility index (Phi) is 3.93. The van der Waals surface area contributed by atoms with E-state index in [1.54, 1.807) is 20.8 Å². The molecule has 0 fully saturated rings. The van der Waals surface area contributed by atoms with Crippen molar-refractivity contribution in [3.63, 3.8) is 0 Å². The molecule has 17 heavy (non-hydrogen) atoms. The number of nitrogens with one attached hydrogen (secondary N) is 1. The Balaban J connectivity index is 2.50. The van der Waals surface area contributed by atoms with Crippen molar-refractivity contribution in [1.82, 2.24) is 5.32 Å². The first-order valence-corrected chi connectivity index (χ1v) is 5.22. The standard InChI is InChI=1S/C12H16FNO3/c1-12(2,3)17-11(16)14-7-8-4-5-10(15)9(13)6-8/h4-6,15H,7H2,1-3H3,(H,14,16). The van der Waals surface area contributed by atoms with Crippen LogP contribution in [0, 0.1) is 5.82 Å². The van der Waals surface area contributed by atoms with Gasteiger partial charge in [0.2, 0.25) is 0 Å². The van der Waals surface area contributed by atoms with Crippen LogP contribution in [0.2, 0.25) is 0 Å². The summed E-state index contributed by atoms with van der Waals surface area (Å²) < 4.78 is 18.0. The van der Waals surface area contributed by atoms with Gasteiger partial charge in [0.15, 0.2) is 11.6 Å². The van der Waals surface area contributed by atoms with Crippen LogP contribution in [0.5, 0.6) is 5.75 Å². The molecular formula is C12H16FNO3. The van der Waals surface area contributed by atoms with Crippen LogP contribution in [-0.2, 0) is 11.3 Å². The van der Waals surface area contributed by atoms with Crippen LogP contribution in [0.1, 0.15) is 26.3 Å². The Bertz CT molecular complexity index is 413. The van der Waals surface area contributed by atoms with Gasteiger partial charge < -0.3 is 15.2 Å². The summed E-state index contributed by atoms with van der Waals surface area (Å²) in [5.41, 5.74) is -0.0178. The molecule has 1 aromatic carbocycles. The number of hydrogen-bond acceptors (Lipinski definition) is 3. The molecule has 0 heterocycles. The summed E-state index contributed by atoms with van der Waals surface area (Å²) in [6.45, 7) is 5.42. The first kappa shape index (κ1) is 13.3. The molecule has 0 unspecified atom stereocenters. The second-order valence-corrected chi connectivity index (χ2v) is 4.64. The Hall–Kier alpha value is -1.78. The Morgan fingerprint density at radius 2 is 2.12 bits per heavy atom. The topological polar surface area (TPSA) is 58.6 Å². The number of benzene rings is 1. The molecule has 0 aromatic heterocycles. The predicted octanol–water partition coefficient (Wildman–Crippen LogP) is 2.56. The molecule has 0 radical (unpaired) electrons. The number of aromatic hydroxyl groups is 1. The lowest BCUT2D eigenvalue weighted by Crippen LogP contribution is -2.32. The summed E-state index contributed by atoms with van der Waals surface area (Å²) in [4.78, 5) is 11.3. The summed E-state index contributed by atoms with van der Waals surface area (Å²) >= 11 is 0. The molecule has 1 amide bonds. The summed E-state index contributed by atoms with van der Waals surface area (Å²) in [5.74, 6) is -1.13. The summed E-state index contributed by atoms with van der Waals surface area (Å²) in [6, 6.07) is 3.92. The number of halogens is 1. The summed E-state index contributed by atoms with van der Waals surface area (Å²) in [7, 11) is 0. The molecule has 1 aromatic rings. The van der Waals surface area contributed by atoms with Crippen LogP contribution in [0.25, 0.3) is 0 Å². The van der Waals surface area contributed by atoms with Crippen molar-refractivity contribution < 1.29 is 19.0 Å². The van der Waals surface area contributed by atoms with Crippen LogP contribution in [0.15, 0.2) is 18.2 Å². The smallest absolute Gasteiger partial charge is 0.407 e. The molecule has 0 atom stereocenters. The zero-order valence-corrected chi connectivity index (χ0v) is 10.1. The van der Waals surface area contributed by atoms with Crippen LogP contribution in [0.3, 0.4) is 0 Å². The molecule has 5 heteroatoms. The third-order valence-electron chi connectivity index (χ3n) is 1.85. The fourth-order valence-corrected chi connectivity index (χ4v) is 1.15. The van der Waals surface area contributed by atoms with Crippen molar-refractivity contribution in [2.24, 2.45) is 0 Å². The van der Waals surface area contributed by atoms with Crippen LogP contribution in [0.4, 0.5) is 9.18 Å². The number of phenolic OH excluding ortho intramolecular Hbond substituents is 1. The maximum absolute atomic E-state index is 13.0. The molecule has 0 aliphatic heterocycles. The van der Waals surface area contributed by atoms with E-state index >= 15 is 0 Å². The van der Waals surface area contributed by atoms with E-state index in [4.69, 9.17) is 9.84 Å². The second-order valence-electron chi connectivity index (χ2n) is 4.64. The lowest BCUT2D eigenvalue weighted by molar-refractivity contribution is 0.0523. The van der Waals surface area contributed by atoms with E-state index in [9.17, 15) is 9.18 Å². The van der Waals surface area contributed by atoms with E-state index in [2.05, 4.69) is 5.32 Å². The average Bonchev–Trinajstić information content (AvgIpc) is 2.17. The fraction of sp³-hybridized carbons (Fsp3) is 0.417. The van der Waals surface area contributed by atoms with Crippen molar-refractivity contribution in [3.8, 4) is 5.75 Å². The first-order valence-electron chi connectivity index (χ1n) is 5.22. The minimum atomic E-state index is -0.714. The average molecular weight is 241 g/mol. The highest BCUT2D eigenvalue weighted by atomic mass is 19.1. The Morgan fingerprint density at radius 1 is 1.47 bits per heavy atom. The minimum Gasteiger partial charge on any atom is -0.505 e. The van der Waals surface area contributed by atoms with E-state index in [0.717, 1.165) is 6.07 Å². The largest absolute Gasteiger partial charge is 0.505 e. The zero-order valence-electron chi connectivity index (χ0n) is 10.1. The molecule has 2 N–H and O–H groups in total. The number of phenols is 1. The number of rotatable bonds is 2. The maximum Gasteiger partial charge on any atom is 0.407 e. The Morgan fingerprint density at radius 3 is 2.65 bits per heavy atom. The van der Waals surface area contributed by atoms with Crippen LogP contribution in [-0.4, -0.2) is 16.8 Å². The molecule has 94 valence electrons. The van der Waals surface area contributed by atoms with Gasteiger partial charge in [0, 0.05) is 6.54 Å². The van der Waals surface area contributed by atoms with E-state index in [0.29, 0.717) is 5.56 Å². The summed E-state index contributed by atoms with van der Waals surface area (Å²) in [6.07, 6.45) is -0.564. The highest BCUT2D eigenvalue weighted by molar-refractivity contribution is 5.67. The van der Waals surface area contributed by atoms with Gasteiger partial charge in [-0.2, -0.15) is 0 Å². The number of carbonyl (C=O) groups is 1. The van der Waals surface area contributed by atoms with Crippen molar-refractivity contribution in [3.05, 3.63) is 29.6 Å². The predicted molar refractivity (Wildman–Crippen MR) is 61.1 cm³/mol. The molecule has 0 spiro atoms. The highest BCUT2D eigenvalue weighted by Crippen LogP contribution is 2.16. The monoisotopic (exact) mass is 241 g/mol. The highest BCUT2D eigenvalue weighted by Gasteiger charge is 2.15. The van der Waals surface area contributed by atoms with Crippen molar-refractivity contribution >= 4 is 6.09 Å². The number of ether oxygens (including phenoxy) is 1. The lowest BCUT2D eigenvalue weighted by Gasteiger charge is -2.19. The number of amides is 1. The van der Waals surface area contributed by atoms with E-state index in [1.165, 1.54) is 12.1 Å². The quantitative estimate of drug-likeness (QED) is 0.836. The Labute approximate surface area is 99.4 Å². The number of alkyl carbamates (subject to hydrolysis) is 1. The molecule has 0 saturated carbocycles. The van der Waals surface area contributed by atoms with Gasteiger partial charge in [-0.15, -0.1) is 0 Å². The zero-order chi connectivity index (χ0) is 13.1. The van der Waals surface area contributed by atoms with Crippen molar-refractivity contribution in [2.75, 3.05) is 0 Å². The van der Waals surface area contributed by atoms with Gasteiger partial charge in [0.05, 0.1) is 0 Å². The molecule has 1 rings (SSSR count). The van der Waals surface area contributed by atoms with E-state index in [1.807, 2.05) is 0 Å². The van der Waals surface area contributed by atoms with Crippen LogP contribution < -0.4 is 5.32 Å². The third-order valence-corrected chi connectivity index (χ3v) is 1.85. The fourth-order valence-electron chi connectivity index (χ4n) is 1.15. The van der Waals surface area contributed by atoms with Crippen molar-refractivity contribution in [2.45, 2.75) is 32.9 Å². The molecule has 0 aliphatic carbocycles. The van der Waals surface area contributed by atoms with Gasteiger partial charge in [-0.05, 0) is 38.5 Å². The van der Waals surface area contributed by atoms with Crippen LogP contribution >= 0.6 is 0 Å². The molecule has 0 saturated heterocycles. The van der Waals surface area contributed by atoms with Gasteiger partial charge in [-0.1, -0.05) is 6.07 Å². The SMILES string of the molecule is CC(C)(C)OC(=O)NCc1ccc(O)c(F)c1. The van der Waals surface area contributed by atoms with Gasteiger partial charge >= 0.3 is 6.09 Å². The minimum absolute atomic E-state index is 0.145. The van der Waals surface area contributed by atoms with E-state index < -0.39 is 23.3 Å². The van der Waals surface area contributed by atoms with Gasteiger partial charge in [0.25, 0.3) is 0 Å². The summed E-state index contributed by atoms with van der Waals surface area (Å²) in [5, 5.41) is 11.5. The molecule has 4 nitrogen and oxygen atoms in total. The second kappa shape index (κ2) is 5.03. The first-order chi connectivity index (χ1) is 7.78. The number of carbonyl (C=O) groups excluding carboxylic acids is 1. The lowest BCUT2D eigenvalue weighted by atomic mass is 10.2. The third kappa shape index (κ3) is 4.72. The normalized spacial score (nSPS) is 11.1. The van der Waals surface area contributed by atoms with Gasteiger partial charge in [-0.3, -0.25) is 0 Å². The van der Waals surface area contributed by atoms with Gasteiger partial charge in [-0.25, -0.2) is 9.18 Å². The molecular weight excluding hydrogens is 225 g/mol. The molecule has 0 aliphatic rings. The van der Waals surface area contributed by atoms with Gasteiger partial charge in [0.1, 0.15) is 5.60 Å². The maximum atomic E-state index is 13.0. The van der Waals surface area contributed by atoms with Crippen molar-refractivity contribution in [1.29, 1.82) is 0 Å². The van der Waals surface area contributed by atoms with E-state index in [-0.39, 0.29) is 6.54 Å².